The second-order valence-electron chi connectivity index (χ2n) is 5.12. The quantitative estimate of drug-likeness (QED) is 0.749. The zero-order valence-electron chi connectivity index (χ0n) is 10.3. The highest BCUT2D eigenvalue weighted by Crippen LogP contribution is 2.31. The number of hydrogen-bond donors (Lipinski definition) is 2. The summed E-state index contributed by atoms with van der Waals surface area (Å²) in [6.45, 7) is 0. The summed E-state index contributed by atoms with van der Waals surface area (Å²) >= 11 is 4.36. The van der Waals surface area contributed by atoms with Gasteiger partial charge in [-0.3, -0.25) is 4.79 Å². The van der Waals surface area contributed by atoms with Crippen molar-refractivity contribution < 1.29 is 0 Å². The topological polar surface area (TPSA) is 32.9 Å². The molecule has 2 nitrogen and oxygen atoms in total. The highest BCUT2D eigenvalue weighted by atomic mass is 32.1. The molecule has 1 fully saturated rings. The average Bonchev–Trinajstić information content (AvgIpc) is 2.39. The summed E-state index contributed by atoms with van der Waals surface area (Å²) in [6, 6.07) is 7.53. The molecule has 3 heteroatoms. The van der Waals surface area contributed by atoms with Gasteiger partial charge in [-0.25, -0.2) is 0 Å². The minimum atomic E-state index is 0.0925. The van der Waals surface area contributed by atoms with E-state index in [4.69, 9.17) is 0 Å². The van der Waals surface area contributed by atoms with Crippen LogP contribution in [0.3, 0.4) is 0 Å². The fraction of sp³-hybridized carbons (Fsp3) is 0.400. The number of nitrogens with one attached hydrogen (secondary N) is 1. The first-order chi connectivity index (χ1) is 8.75. The van der Waals surface area contributed by atoms with Gasteiger partial charge in [-0.05, 0) is 30.9 Å². The Balaban J connectivity index is 2.12. The minimum Gasteiger partial charge on any atom is -0.358 e. The Hall–Kier alpha value is -1.22. The first-order valence-electron chi connectivity index (χ1n) is 6.60. The van der Waals surface area contributed by atoms with Crippen molar-refractivity contribution in [3.8, 4) is 0 Å². The fourth-order valence-corrected chi connectivity index (χ4v) is 3.26. The number of thiol groups is 1. The van der Waals surface area contributed by atoms with Crippen LogP contribution in [0.15, 0.2) is 34.0 Å². The molecule has 0 saturated heterocycles. The molecule has 0 unspecified atom stereocenters. The van der Waals surface area contributed by atoms with Gasteiger partial charge in [0.05, 0.1) is 10.9 Å². The molecule has 1 N–H and O–H groups in total. The molecule has 0 aliphatic heterocycles. The Morgan fingerprint density at radius 1 is 1.17 bits per heavy atom. The largest absolute Gasteiger partial charge is 0.358 e. The van der Waals surface area contributed by atoms with Crippen LogP contribution in [-0.4, -0.2) is 4.98 Å². The third-order valence-electron chi connectivity index (χ3n) is 3.90. The predicted molar refractivity (Wildman–Crippen MR) is 77.6 cm³/mol. The van der Waals surface area contributed by atoms with Crippen LogP contribution in [0.1, 0.15) is 43.7 Å². The lowest BCUT2D eigenvalue weighted by Crippen LogP contribution is -2.12. The number of pyridine rings is 1. The summed E-state index contributed by atoms with van der Waals surface area (Å²) < 4.78 is 0. The van der Waals surface area contributed by atoms with Crippen LogP contribution in [-0.2, 0) is 0 Å². The van der Waals surface area contributed by atoms with Gasteiger partial charge in [0.25, 0.3) is 0 Å². The van der Waals surface area contributed by atoms with Gasteiger partial charge in [0.15, 0.2) is 5.43 Å². The number of benzene rings is 1. The smallest absolute Gasteiger partial charge is 0.190 e. The molecule has 18 heavy (non-hydrogen) atoms. The number of aromatic nitrogens is 1. The predicted octanol–water partition coefficient (Wildman–Crippen LogP) is 3.86. The molecule has 1 aromatic heterocycles. The van der Waals surface area contributed by atoms with Crippen molar-refractivity contribution in [2.45, 2.75) is 42.9 Å². The van der Waals surface area contributed by atoms with Crippen LogP contribution in [0.2, 0.25) is 0 Å². The summed E-state index contributed by atoms with van der Waals surface area (Å²) in [5.74, 6) is 0.527. The van der Waals surface area contributed by atoms with Crippen LogP contribution in [0.5, 0.6) is 0 Å². The number of rotatable bonds is 1. The van der Waals surface area contributed by atoms with Crippen molar-refractivity contribution in [3.05, 3.63) is 40.2 Å². The Morgan fingerprint density at radius 2 is 1.94 bits per heavy atom. The molecule has 0 bridgehead atoms. The van der Waals surface area contributed by atoms with E-state index in [1.54, 1.807) is 6.07 Å². The minimum absolute atomic E-state index is 0.0925. The van der Waals surface area contributed by atoms with Gasteiger partial charge in [-0.1, -0.05) is 25.3 Å². The standard InChI is InChI=1S/C15H17NOS/c17-13-9-12(10-5-2-1-3-6-10)16-11-7-4-8-14(18)15(11)13/h4,7-10,18H,1-3,5-6H2,(H,16,17). The molecule has 1 saturated carbocycles. The average molecular weight is 259 g/mol. The highest BCUT2D eigenvalue weighted by molar-refractivity contribution is 7.80. The Morgan fingerprint density at radius 3 is 2.72 bits per heavy atom. The summed E-state index contributed by atoms with van der Waals surface area (Å²) in [5, 5.41) is 0.709. The van der Waals surface area contributed by atoms with Crippen molar-refractivity contribution >= 4 is 23.5 Å². The van der Waals surface area contributed by atoms with Gasteiger partial charge in [0.1, 0.15) is 0 Å². The third kappa shape index (κ3) is 2.07. The van der Waals surface area contributed by atoms with E-state index in [2.05, 4.69) is 17.6 Å². The zero-order chi connectivity index (χ0) is 12.5. The number of fused-ring (bicyclic) bond motifs is 1. The SMILES string of the molecule is O=c1cc(C2CCCCC2)[nH]c2cccc(S)c12. The Labute approximate surface area is 112 Å². The monoisotopic (exact) mass is 259 g/mol. The lowest BCUT2D eigenvalue weighted by molar-refractivity contribution is 0.437. The number of aromatic amines is 1. The highest BCUT2D eigenvalue weighted by Gasteiger charge is 2.17. The van der Waals surface area contributed by atoms with Crippen molar-refractivity contribution in [2.24, 2.45) is 0 Å². The van der Waals surface area contributed by atoms with E-state index in [-0.39, 0.29) is 5.43 Å². The molecule has 0 radical (unpaired) electrons. The van der Waals surface area contributed by atoms with E-state index in [1.807, 2.05) is 18.2 Å². The van der Waals surface area contributed by atoms with E-state index < -0.39 is 0 Å². The van der Waals surface area contributed by atoms with Crippen molar-refractivity contribution in [2.75, 3.05) is 0 Å². The van der Waals surface area contributed by atoms with Gasteiger partial charge in [-0.2, -0.15) is 0 Å². The summed E-state index contributed by atoms with van der Waals surface area (Å²) in [5.41, 5.74) is 2.11. The number of H-pyrrole nitrogens is 1. The maximum absolute atomic E-state index is 12.2. The second-order valence-corrected chi connectivity index (χ2v) is 5.61. The third-order valence-corrected chi connectivity index (χ3v) is 4.27. The van der Waals surface area contributed by atoms with E-state index in [0.717, 1.165) is 16.1 Å². The molecule has 1 aliphatic rings. The molecule has 1 aromatic carbocycles. The van der Waals surface area contributed by atoms with E-state index in [0.29, 0.717) is 11.3 Å². The van der Waals surface area contributed by atoms with Crippen molar-refractivity contribution in [3.63, 3.8) is 0 Å². The normalized spacial score (nSPS) is 17.2. The van der Waals surface area contributed by atoms with Crippen LogP contribution in [0, 0.1) is 0 Å². The molecule has 3 rings (SSSR count). The summed E-state index contributed by atoms with van der Waals surface area (Å²) in [4.78, 5) is 16.4. The van der Waals surface area contributed by atoms with Gasteiger partial charge >= 0.3 is 0 Å². The van der Waals surface area contributed by atoms with E-state index in [9.17, 15) is 4.79 Å². The van der Waals surface area contributed by atoms with Gasteiger partial charge in [0.2, 0.25) is 0 Å². The zero-order valence-corrected chi connectivity index (χ0v) is 11.2. The molecule has 0 spiro atoms. The first kappa shape index (κ1) is 11.8. The van der Waals surface area contributed by atoms with Gasteiger partial charge in [-0.15, -0.1) is 12.6 Å². The second kappa shape index (κ2) is 4.81. The molecular weight excluding hydrogens is 242 g/mol. The lowest BCUT2D eigenvalue weighted by Gasteiger charge is -2.22. The van der Waals surface area contributed by atoms with E-state index in [1.165, 1.54) is 32.1 Å². The number of hydrogen-bond acceptors (Lipinski definition) is 2. The van der Waals surface area contributed by atoms with Crippen LogP contribution in [0.4, 0.5) is 0 Å². The van der Waals surface area contributed by atoms with Crippen LogP contribution in [0.25, 0.3) is 10.9 Å². The van der Waals surface area contributed by atoms with Crippen LogP contribution >= 0.6 is 12.6 Å². The summed E-state index contributed by atoms with van der Waals surface area (Å²) in [6.07, 6.45) is 6.27. The summed E-state index contributed by atoms with van der Waals surface area (Å²) in [7, 11) is 0. The molecule has 2 aromatic rings. The maximum atomic E-state index is 12.2. The van der Waals surface area contributed by atoms with E-state index >= 15 is 0 Å². The molecule has 0 atom stereocenters. The van der Waals surface area contributed by atoms with Gasteiger partial charge in [0, 0.05) is 16.7 Å². The molecule has 1 aliphatic carbocycles. The Bertz CT molecular complexity index is 626. The van der Waals surface area contributed by atoms with Crippen molar-refractivity contribution in [1.82, 2.24) is 4.98 Å². The maximum Gasteiger partial charge on any atom is 0.190 e. The van der Waals surface area contributed by atoms with Crippen molar-refractivity contribution in [1.29, 1.82) is 0 Å². The van der Waals surface area contributed by atoms with Crippen LogP contribution < -0.4 is 5.43 Å². The van der Waals surface area contributed by atoms with Gasteiger partial charge < -0.3 is 4.98 Å². The lowest BCUT2D eigenvalue weighted by atomic mass is 9.86. The Kier molecular flexibility index (Phi) is 3.16. The molecule has 94 valence electrons. The fourth-order valence-electron chi connectivity index (χ4n) is 2.94. The molecule has 0 amide bonds. The first-order valence-corrected chi connectivity index (χ1v) is 7.05. The molecular formula is C15H17NOS. The molecule has 1 heterocycles.